The molecule has 0 aliphatic heterocycles. The summed E-state index contributed by atoms with van der Waals surface area (Å²) in [5, 5.41) is 0. The van der Waals surface area contributed by atoms with E-state index in [1.165, 1.54) is 10.6 Å². The number of aromatic amines is 1. The number of rotatable bonds is 2. The van der Waals surface area contributed by atoms with Gasteiger partial charge in [0.2, 0.25) is 0 Å². The van der Waals surface area contributed by atoms with E-state index in [0.29, 0.717) is 14.8 Å². The first-order valence-corrected chi connectivity index (χ1v) is 6.73. The van der Waals surface area contributed by atoms with Crippen LogP contribution < -0.4 is 11.2 Å². The van der Waals surface area contributed by atoms with Crippen molar-refractivity contribution in [2.24, 2.45) is 0 Å². The minimum Gasteiger partial charge on any atom is -0.292 e. The summed E-state index contributed by atoms with van der Waals surface area (Å²) in [5.41, 5.74) is 0.829. The lowest BCUT2D eigenvalue weighted by molar-refractivity contribution is 0.585. The third kappa shape index (κ3) is 2.63. The third-order valence-electron chi connectivity index (χ3n) is 3.06. The Morgan fingerprint density at radius 2 is 2.00 bits per heavy atom. The maximum atomic E-state index is 13.8. The summed E-state index contributed by atoms with van der Waals surface area (Å²) in [6, 6.07) is 4.77. The SMILES string of the molecule is Cc1cccc(F)c1Cn1c(C)c(I)c(=O)[nH]c1=O. The van der Waals surface area contributed by atoms with Gasteiger partial charge in [0.05, 0.1) is 10.1 Å². The van der Waals surface area contributed by atoms with Gasteiger partial charge in [-0.05, 0) is 48.1 Å². The quantitative estimate of drug-likeness (QED) is 0.818. The van der Waals surface area contributed by atoms with Gasteiger partial charge in [0.1, 0.15) is 5.82 Å². The van der Waals surface area contributed by atoms with Crippen molar-refractivity contribution >= 4 is 22.6 Å². The number of halogens is 2. The molecule has 0 unspecified atom stereocenters. The predicted octanol–water partition coefficient (Wildman–Crippen LogP) is 1.95. The van der Waals surface area contributed by atoms with Crippen molar-refractivity contribution in [2.75, 3.05) is 0 Å². The fourth-order valence-corrected chi connectivity index (χ4v) is 2.30. The minimum absolute atomic E-state index is 0.107. The molecule has 0 atom stereocenters. The van der Waals surface area contributed by atoms with E-state index < -0.39 is 11.2 Å². The van der Waals surface area contributed by atoms with Gasteiger partial charge in [-0.1, -0.05) is 12.1 Å². The third-order valence-corrected chi connectivity index (χ3v) is 4.33. The Bertz CT molecular complexity index is 729. The van der Waals surface area contributed by atoms with E-state index in [1.54, 1.807) is 26.0 Å². The maximum Gasteiger partial charge on any atom is 0.328 e. The van der Waals surface area contributed by atoms with Gasteiger partial charge in [-0.15, -0.1) is 0 Å². The Labute approximate surface area is 122 Å². The number of nitrogens with one attached hydrogen (secondary N) is 1. The summed E-state index contributed by atoms with van der Waals surface area (Å²) in [6.07, 6.45) is 0. The van der Waals surface area contributed by atoms with E-state index in [9.17, 15) is 14.0 Å². The first-order valence-electron chi connectivity index (χ1n) is 5.65. The highest BCUT2D eigenvalue weighted by Crippen LogP contribution is 2.14. The summed E-state index contributed by atoms with van der Waals surface area (Å²) in [4.78, 5) is 25.5. The van der Waals surface area contributed by atoms with Gasteiger partial charge in [-0.25, -0.2) is 9.18 Å². The molecule has 0 aliphatic rings. The Morgan fingerprint density at radius 3 is 2.63 bits per heavy atom. The Morgan fingerprint density at radius 1 is 1.32 bits per heavy atom. The van der Waals surface area contributed by atoms with Crippen LogP contribution in [0.25, 0.3) is 0 Å². The average Bonchev–Trinajstić information content (AvgIpc) is 2.35. The zero-order chi connectivity index (χ0) is 14.2. The molecule has 19 heavy (non-hydrogen) atoms. The summed E-state index contributed by atoms with van der Waals surface area (Å²) in [5.74, 6) is -0.354. The maximum absolute atomic E-state index is 13.8. The largest absolute Gasteiger partial charge is 0.328 e. The first kappa shape index (κ1) is 14.0. The molecule has 0 saturated carbocycles. The molecule has 1 heterocycles. The molecule has 0 aliphatic carbocycles. The van der Waals surface area contributed by atoms with Crippen LogP contribution in [0.5, 0.6) is 0 Å². The lowest BCUT2D eigenvalue weighted by Gasteiger charge is -2.12. The van der Waals surface area contributed by atoms with Gasteiger partial charge in [0, 0.05) is 11.3 Å². The zero-order valence-electron chi connectivity index (χ0n) is 10.5. The fourth-order valence-electron chi connectivity index (χ4n) is 1.87. The highest BCUT2D eigenvalue weighted by atomic mass is 127. The topological polar surface area (TPSA) is 54.9 Å². The summed E-state index contributed by atoms with van der Waals surface area (Å²) >= 11 is 1.87. The molecule has 0 saturated heterocycles. The summed E-state index contributed by atoms with van der Waals surface area (Å²) in [7, 11) is 0. The van der Waals surface area contributed by atoms with Gasteiger partial charge >= 0.3 is 5.69 Å². The molecule has 2 rings (SSSR count). The van der Waals surface area contributed by atoms with Gasteiger partial charge < -0.3 is 0 Å². The van der Waals surface area contributed by atoms with E-state index in [1.807, 2.05) is 22.6 Å². The summed E-state index contributed by atoms with van der Waals surface area (Å²) in [6.45, 7) is 3.57. The molecule has 4 nitrogen and oxygen atoms in total. The van der Waals surface area contributed by atoms with Gasteiger partial charge in [0.15, 0.2) is 0 Å². The van der Waals surface area contributed by atoms with Crippen molar-refractivity contribution in [1.29, 1.82) is 0 Å². The standard InChI is InChI=1S/C13H12FIN2O2/c1-7-4-3-5-10(14)9(7)6-17-8(2)11(15)12(18)16-13(17)19/h3-5H,6H2,1-2H3,(H,16,18,19). The number of H-pyrrole nitrogens is 1. The molecule has 0 fully saturated rings. The lowest BCUT2D eigenvalue weighted by Crippen LogP contribution is -2.34. The van der Waals surface area contributed by atoms with E-state index in [0.717, 1.165) is 5.56 Å². The van der Waals surface area contributed by atoms with E-state index >= 15 is 0 Å². The van der Waals surface area contributed by atoms with Crippen LogP contribution in [0.15, 0.2) is 27.8 Å². The van der Waals surface area contributed by atoms with E-state index in [-0.39, 0.29) is 12.4 Å². The van der Waals surface area contributed by atoms with Crippen molar-refractivity contribution in [1.82, 2.24) is 9.55 Å². The highest BCUT2D eigenvalue weighted by Gasteiger charge is 2.12. The minimum atomic E-state index is -0.523. The molecule has 0 amide bonds. The van der Waals surface area contributed by atoms with Gasteiger partial charge in [-0.2, -0.15) is 0 Å². The molecular weight excluding hydrogens is 362 g/mol. The number of benzene rings is 1. The van der Waals surface area contributed by atoms with Gasteiger partial charge in [-0.3, -0.25) is 14.3 Å². The first-order chi connectivity index (χ1) is 8.91. The van der Waals surface area contributed by atoms with Crippen LogP contribution in [-0.4, -0.2) is 9.55 Å². The molecule has 6 heteroatoms. The van der Waals surface area contributed by atoms with Crippen molar-refractivity contribution in [3.8, 4) is 0 Å². The predicted molar refractivity (Wildman–Crippen MR) is 79.0 cm³/mol. The molecule has 1 N–H and O–H groups in total. The van der Waals surface area contributed by atoms with Crippen molar-refractivity contribution in [3.05, 3.63) is 65.2 Å². The van der Waals surface area contributed by atoms with Crippen molar-refractivity contribution in [3.63, 3.8) is 0 Å². The fraction of sp³-hybridized carbons (Fsp3) is 0.231. The molecule has 2 aromatic rings. The molecule has 0 bridgehead atoms. The zero-order valence-corrected chi connectivity index (χ0v) is 12.6. The van der Waals surface area contributed by atoms with Crippen LogP contribution in [0.1, 0.15) is 16.8 Å². The second-order valence-corrected chi connectivity index (χ2v) is 5.36. The molecule has 0 spiro atoms. The molecule has 100 valence electrons. The molecular formula is C13H12FIN2O2. The molecule has 0 radical (unpaired) electrons. The second kappa shape index (κ2) is 5.28. The Kier molecular flexibility index (Phi) is 3.88. The number of hydrogen-bond donors (Lipinski definition) is 1. The normalized spacial score (nSPS) is 10.7. The van der Waals surface area contributed by atoms with Crippen LogP contribution in [0, 0.1) is 23.2 Å². The van der Waals surface area contributed by atoms with Crippen LogP contribution in [0.4, 0.5) is 4.39 Å². The Balaban J connectivity index is 2.60. The van der Waals surface area contributed by atoms with E-state index in [4.69, 9.17) is 0 Å². The van der Waals surface area contributed by atoms with Crippen LogP contribution in [-0.2, 0) is 6.54 Å². The smallest absolute Gasteiger partial charge is 0.292 e. The summed E-state index contributed by atoms with van der Waals surface area (Å²) < 4.78 is 15.6. The number of nitrogens with zero attached hydrogens (tertiary/aromatic N) is 1. The number of aryl methyl sites for hydroxylation is 1. The van der Waals surface area contributed by atoms with Crippen LogP contribution in [0.2, 0.25) is 0 Å². The highest BCUT2D eigenvalue weighted by molar-refractivity contribution is 14.1. The molecule has 1 aromatic carbocycles. The van der Waals surface area contributed by atoms with Gasteiger partial charge in [0.25, 0.3) is 5.56 Å². The number of aromatic nitrogens is 2. The molecule has 1 aromatic heterocycles. The lowest BCUT2D eigenvalue weighted by atomic mass is 10.1. The second-order valence-electron chi connectivity index (χ2n) is 4.28. The van der Waals surface area contributed by atoms with Crippen LogP contribution >= 0.6 is 22.6 Å². The average molecular weight is 374 g/mol. The monoisotopic (exact) mass is 374 g/mol. The van der Waals surface area contributed by atoms with Crippen molar-refractivity contribution in [2.45, 2.75) is 20.4 Å². The van der Waals surface area contributed by atoms with E-state index in [2.05, 4.69) is 4.98 Å². The van der Waals surface area contributed by atoms with Crippen molar-refractivity contribution < 1.29 is 4.39 Å². The Hall–Kier alpha value is -1.44. The van der Waals surface area contributed by atoms with Crippen LogP contribution in [0.3, 0.4) is 0 Å². The number of hydrogen-bond acceptors (Lipinski definition) is 2.